The van der Waals surface area contributed by atoms with Crippen LogP contribution < -0.4 is 0 Å². The molecule has 0 aliphatic carbocycles. The molecule has 2 heterocycles. The third kappa shape index (κ3) is 2.17. The first-order chi connectivity index (χ1) is 7.59. The minimum Gasteiger partial charge on any atom is -0.459 e. The summed E-state index contributed by atoms with van der Waals surface area (Å²) in [5, 5.41) is 0. The van der Waals surface area contributed by atoms with E-state index in [1.54, 1.807) is 6.26 Å². The molecule has 2 unspecified atom stereocenters. The molecule has 1 aliphatic rings. The molecule has 4 heteroatoms. The molecule has 1 amide bonds. The van der Waals surface area contributed by atoms with E-state index in [9.17, 15) is 4.79 Å². The highest BCUT2D eigenvalue weighted by atomic mass is 79.9. The number of carbonyl (C=O) groups excluding carboxylic acids is 1. The van der Waals surface area contributed by atoms with Crippen molar-refractivity contribution in [3.63, 3.8) is 0 Å². The third-order valence-electron chi connectivity index (χ3n) is 3.21. The van der Waals surface area contributed by atoms with Crippen molar-refractivity contribution in [1.29, 1.82) is 0 Å². The van der Waals surface area contributed by atoms with Gasteiger partial charge in [0.05, 0.1) is 6.26 Å². The molecule has 1 aromatic heterocycles. The molecule has 88 valence electrons. The van der Waals surface area contributed by atoms with Crippen LogP contribution in [0, 0.1) is 12.8 Å². The zero-order chi connectivity index (χ0) is 11.7. The Morgan fingerprint density at radius 3 is 2.94 bits per heavy atom. The molecule has 16 heavy (non-hydrogen) atoms. The second-order valence-electron chi connectivity index (χ2n) is 4.47. The topological polar surface area (TPSA) is 33.5 Å². The molecule has 1 aromatic rings. The van der Waals surface area contributed by atoms with Crippen LogP contribution in [-0.4, -0.2) is 28.7 Å². The second-order valence-corrected chi connectivity index (χ2v) is 5.64. The number of aryl methyl sites for hydroxylation is 1. The zero-order valence-corrected chi connectivity index (χ0v) is 11.2. The number of rotatable bonds is 1. The van der Waals surface area contributed by atoms with Crippen LogP contribution in [0.2, 0.25) is 0 Å². The van der Waals surface area contributed by atoms with Crippen LogP contribution >= 0.6 is 15.9 Å². The minimum absolute atomic E-state index is 0.0128. The number of hydrogen-bond donors (Lipinski definition) is 0. The maximum absolute atomic E-state index is 12.1. The van der Waals surface area contributed by atoms with Crippen molar-refractivity contribution in [3.8, 4) is 0 Å². The molecule has 0 radical (unpaired) electrons. The number of carbonyl (C=O) groups is 1. The third-order valence-corrected chi connectivity index (χ3v) is 4.40. The number of piperidine rings is 1. The number of hydrogen-bond acceptors (Lipinski definition) is 2. The number of furan rings is 1. The predicted octanol–water partition coefficient (Wildman–Crippen LogP) is 2.83. The van der Waals surface area contributed by atoms with Gasteiger partial charge in [-0.1, -0.05) is 22.9 Å². The monoisotopic (exact) mass is 285 g/mol. The highest BCUT2D eigenvalue weighted by molar-refractivity contribution is 9.09. The summed E-state index contributed by atoms with van der Waals surface area (Å²) in [4.78, 5) is 14.4. The number of halogens is 1. The Labute approximate surface area is 104 Å². The standard InChI is InChI=1S/C12H16BrNO2/c1-8-3-5-14(7-10(8)13)12(15)11-9(2)4-6-16-11/h4,6,8,10H,3,5,7H2,1-2H3. The Hall–Kier alpha value is -0.770. The van der Waals surface area contributed by atoms with Crippen molar-refractivity contribution in [3.05, 3.63) is 23.7 Å². The maximum Gasteiger partial charge on any atom is 0.289 e. The van der Waals surface area contributed by atoms with Crippen LogP contribution in [0.1, 0.15) is 29.5 Å². The van der Waals surface area contributed by atoms with Crippen molar-refractivity contribution in [1.82, 2.24) is 4.90 Å². The lowest BCUT2D eigenvalue weighted by atomic mass is 9.99. The summed E-state index contributed by atoms with van der Waals surface area (Å²) in [6, 6.07) is 1.82. The Bertz CT molecular complexity index is 388. The lowest BCUT2D eigenvalue weighted by Gasteiger charge is -2.33. The SMILES string of the molecule is Cc1ccoc1C(=O)N1CCC(C)C(Br)C1. The van der Waals surface area contributed by atoms with Gasteiger partial charge in [0.2, 0.25) is 0 Å². The first kappa shape index (κ1) is 11.7. The molecule has 0 aromatic carbocycles. The van der Waals surface area contributed by atoms with Gasteiger partial charge in [-0.2, -0.15) is 0 Å². The summed E-state index contributed by atoms with van der Waals surface area (Å²) in [6.45, 7) is 5.69. The number of alkyl halides is 1. The average Bonchev–Trinajstić information content (AvgIpc) is 2.67. The highest BCUT2D eigenvalue weighted by Crippen LogP contribution is 2.25. The fraction of sp³-hybridized carbons (Fsp3) is 0.583. The lowest BCUT2D eigenvalue weighted by Crippen LogP contribution is -2.43. The van der Waals surface area contributed by atoms with E-state index in [0.717, 1.165) is 25.1 Å². The molecule has 2 atom stereocenters. The molecule has 0 N–H and O–H groups in total. The summed E-state index contributed by atoms with van der Waals surface area (Å²) in [6.07, 6.45) is 2.61. The normalized spacial score (nSPS) is 25.8. The highest BCUT2D eigenvalue weighted by Gasteiger charge is 2.29. The van der Waals surface area contributed by atoms with Crippen molar-refractivity contribution in [2.75, 3.05) is 13.1 Å². The van der Waals surface area contributed by atoms with Gasteiger partial charge in [0.15, 0.2) is 5.76 Å². The Morgan fingerprint density at radius 1 is 1.62 bits per heavy atom. The second kappa shape index (κ2) is 4.62. The van der Waals surface area contributed by atoms with E-state index in [0.29, 0.717) is 16.5 Å². The molecule has 2 rings (SSSR count). The molecular weight excluding hydrogens is 270 g/mol. The molecule has 0 bridgehead atoms. The molecule has 0 spiro atoms. The maximum atomic E-state index is 12.1. The Balaban J connectivity index is 2.09. The van der Waals surface area contributed by atoms with E-state index < -0.39 is 0 Å². The first-order valence-corrected chi connectivity index (χ1v) is 6.48. The fourth-order valence-corrected chi connectivity index (χ4v) is 2.56. The van der Waals surface area contributed by atoms with Crippen molar-refractivity contribution in [2.45, 2.75) is 25.1 Å². The number of nitrogens with zero attached hydrogens (tertiary/aromatic N) is 1. The van der Waals surface area contributed by atoms with E-state index in [1.165, 1.54) is 0 Å². The van der Waals surface area contributed by atoms with Gasteiger partial charge in [-0.15, -0.1) is 0 Å². The van der Waals surface area contributed by atoms with Crippen molar-refractivity contribution >= 4 is 21.8 Å². The molecule has 1 fully saturated rings. The van der Waals surface area contributed by atoms with Crippen LogP contribution in [-0.2, 0) is 0 Å². The molecule has 3 nitrogen and oxygen atoms in total. The largest absolute Gasteiger partial charge is 0.459 e. The van der Waals surface area contributed by atoms with Crippen LogP contribution in [0.3, 0.4) is 0 Å². The summed E-state index contributed by atoms with van der Waals surface area (Å²) in [5.41, 5.74) is 0.912. The molecule has 0 saturated carbocycles. The van der Waals surface area contributed by atoms with Gasteiger partial charge in [-0.05, 0) is 25.3 Å². The minimum atomic E-state index is 0.0128. The van der Waals surface area contributed by atoms with Gasteiger partial charge in [-0.25, -0.2) is 0 Å². The van der Waals surface area contributed by atoms with E-state index in [-0.39, 0.29) is 5.91 Å². The summed E-state index contributed by atoms with van der Waals surface area (Å²) in [7, 11) is 0. The summed E-state index contributed by atoms with van der Waals surface area (Å²) in [5.74, 6) is 1.12. The van der Waals surface area contributed by atoms with Gasteiger partial charge < -0.3 is 9.32 Å². The van der Waals surface area contributed by atoms with Gasteiger partial charge in [-0.3, -0.25) is 4.79 Å². The average molecular weight is 286 g/mol. The van der Waals surface area contributed by atoms with Crippen molar-refractivity contribution < 1.29 is 9.21 Å². The van der Waals surface area contributed by atoms with Crippen LogP contribution in [0.25, 0.3) is 0 Å². The van der Waals surface area contributed by atoms with E-state index in [4.69, 9.17) is 4.42 Å². The smallest absolute Gasteiger partial charge is 0.289 e. The number of likely N-dealkylation sites (tertiary alicyclic amines) is 1. The quantitative estimate of drug-likeness (QED) is 0.744. The van der Waals surface area contributed by atoms with Gasteiger partial charge in [0.25, 0.3) is 5.91 Å². The van der Waals surface area contributed by atoms with E-state index in [1.807, 2.05) is 17.9 Å². The predicted molar refractivity (Wildman–Crippen MR) is 65.8 cm³/mol. The Kier molecular flexibility index (Phi) is 3.38. The van der Waals surface area contributed by atoms with Gasteiger partial charge >= 0.3 is 0 Å². The van der Waals surface area contributed by atoms with Crippen LogP contribution in [0.4, 0.5) is 0 Å². The molecule has 1 saturated heterocycles. The summed E-state index contributed by atoms with van der Waals surface area (Å²) < 4.78 is 5.23. The molecular formula is C12H16BrNO2. The fourth-order valence-electron chi connectivity index (χ4n) is 1.94. The van der Waals surface area contributed by atoms with Crippen LogP contribution in [0.15, 0.2) is 16.7 Å². The van der Waals surface area contributed by atoms with E-state index >= 15 is 0 Å². The van der Waals surface area contributed by atoms with Gasteiger partial charge in [0, 0.05) is 23.5 Å². The first-order valence-electron chi connectivity index (χ1n) is 5.57. The lowest BCUT2D eigenvalue weighted by molar-refractivity contribution is 0.0673. The van der Waals surface area contributed by atoms with Crippen molar-refractivity contribution in [2.24, 2.45) is 5.92 Å². The molecule has 1 aliphatic heterocycles. The van der Waals surface area contributed by atoms with E-state index in [2.05, 4.69) is 22.9 Å². The van der Waals surface area contributed by atoms with Crippen LogP contribution in [0.5, 0.6) is 0 Å². The number of amides is 1. The summed E-state index contributed by atoms with van der Waals surface area (Å²) >= 11 is 3.62. The van der Waals surface area contributed by atoms with Gasteiger partial charge in [0.1, 0.15) is 0 Å². The Morgan fingerprint density at radius 2 is 2.38 bits per heavy atom. The zero-order valence-electron chi connectivity index (χ0n) is 9.57.